The monoisotopic (exact) mass is 311 g/mol. The minimum absolute atomic E-state index is 0.0584. The minimum atomic E-state index is -3.23. The van der Waals surface area contributed by atoms with Gasteiger partial charge in [0.1, 0.15) is 5.54 Å². The van der Waals surface area contributed by atoms with Crippen LogP contribution in [0.3, 0.4) is 0 Å². The number of nitrogens with zero attached hydrogens (tertiary/aromatic N) is 1. The third kappa shape index (κ3) is 2.90. The van der Waals surface area contributed by atoms with Gasteiger partial charge in [0, 0.05) is 12.2 Å². The summed E-state index contributed by atoms with van der Waals surface area (Å²) in [4.78, 5) is 13.7. The summed E-state index contributed by atoms with van der Waals surface area (Å²) >= 11 is 0. The van der Waals surface area contributed by atoms with Crippen LogP contribution >= 0.6 is 0 Å². The number of carbonyl (C=O) groups is 1. The van der Waals surface area contributed by atoms with Crippen molar-refractivity contribution in [3.8, 4) is 0 Å². The molecule has 1 aliphatic heterocycles. The van der Waals surface area contributed by atoms with Crippen molar-refractivity contribution >= 4 is 21.5 Å². The Morgan fingerprint density at radius 1 is 1.29 bits per heavy atom. The van der Waals surface area contributed by atoms with Gasteiger partial charge in [-0.2, -0.15) is 0 Å². The van der Waals surface area contributed by atoms with E-state index in [1.54, 1.807) is 38.1 Å². The first kappa shape index (κ1) is 15.8. The smallest absolute Gasteiger partial charge is 0.329 e. The average molecular weight is 311 g/mol. The lowest BCUT2D eigenvalue weighted by Gasteiger charge is -2.43. The Balaban J connectivity index is 2.35. The maximum Gasteiger partial charge on any atom is 0.329 e. The molecular formula is C15H21NO4S. The largest absolute Gasteiger partial charge is 0.480 e. The van der Waals surface area contributed by atoms with Crippen LogP contribution in [0, 0.1) is 0 Å². The number of aliphatic carboxylic acids is 1. The number of carboxylic acid groups (broad SMARTS) is 1. The molecule has 1 heterocycles. The Bertz CT molecular complexity index is 624. The molecule has 116 valence electrons. The Morgan fingerprint density at radius 3 is 2.43 bits per heavy atom. The van der Waals surface area contributed by atoms with E-state index in [1.165, 1.54) is 0 Å². The molecular weight excluding hydrogens is 290 g/mol. The molecule has 1 N–H and O–H groups in total. The van der Waals surface area contributed by atoms with E-state index in [4.69, 9.17) is 0 Å². The second-order valence-electron chi connectivity index (χ2n) is 5.59. The molecule has 0 bridgehead atoms. The van der Waals surface area contributed by atoms with Gasteiger partial charge in [-0.3, -0.25) is 0 Å². The Hall–Kier alpha value is -1.56. The number of benzene rings is 1. The van der Waals surface area contributed by atoms with Gasteiger partial charge < -0.3 is 10.0 Å². The molecule has 1 aromatic carbocycles. The van der Waals surface area contributed by atoms with Gasteiger partial charge in [-0.25, -0.2) is 13.2 Å². The van der Waals surface area contributed by atoms with Crippen LogP contribution in [0.2, 0.25) is 0 Å². The van der Waals surface area contributed by atoms with Gasteiger partial charge in [0.25, 0.3) is 0 Å². The van der Waals surface area contributed by atoms with Crippen LogP contribution in [-0.2, 0) is 14.6 Å². The molecule has 5 nitrogen and oxygen atoms in total. The van der Waals surface area contributed by atoms with Crippen molar-refractivity contribution in [3.63, 3.8) is 0 Å². The predicted octanol–water partition coefficient (Wildman–Crippen LogP) is 2.31. The zero-order chi connectivity index (χ0) is 15.7. The van der Waals surface area contributed by atoms with Crippen LogP contribution in [0.5, 0.6) is 0 Å². The summed E-state index contributed by atoms with van der Waals surface area (Å²) in [5.74, 6) is -0.782. The third-order valence-electron chi connectivity index (χ3n) is 4.24. The van der Waals surface area contributed by atoms with E-state index in [-0.39, 0.29) is 10.6 Å². The molecule has 1 atom stereocenters. The van der Waals surface area contributed by atoms with E-state index >= 15 is 0 Å². The van der Waals surface area contributed by atoms with Crippen LogP contribution in [0.25, 0.3) is 0 Å². The van der Waals surface area contributed by atoms with Gasteiger partial charge >= 0.3 is 5.97 Å². The van der Waals surface area contributed by atoms with Crippen LogP contribution in [0.1, 0.15) is 33.1 Å². The summed E-state index contributed by atoms with van der Waals surface area (Å²) in [5, 5.41) is 9.51. The quantitative estimate of drug-likeness (QED) is 0.923. The van der Waals surface area contributed by atoms with E-state index in [1.807, 2.05) is 4.90 Å². The summed E-state index contributed by atoms with van der Waals surface area (Å²) in [7, 11) is -3.23. The van der Waals surface area contributed by atoms with Crippen molar-refractivity contribution in [1.82, 2.24) is 0 Å². The first-order valence-electron chi connectivity index (χ1n) is 7.15. The van der Waals surface area contributed by atoms with E-state index < -0.39 is 21.3 Å². The van der Waals surface area contributed by atoms with Crippen LogP contribution in [0.4, 0.5) is 5.69 Å². The van der Waals surface area contributed by atoms with E-state index in [0.717, 1.165) is 18.5 Å². The van der Waals surface area contributed by atoms with Crippen molar-refractivity contribution in [1.29, 1.82) is 0 Å². The lowest BCUT2D eigenvalue weighted by molar-refractivity contribution is -0.143. The van der Waals surface area contributed by atoms with Crippen molar-refractivity contribution < 1.29 is 18.3 Å². The lowest BCUT2D eigenvalue weighted by Crippen LogP contribution is -2.55. The highest BCUT2D eigenvalue weighted by atomic mass is 32.2. The fraction of sp³-hybridized carbons (Fsp3) is 0.533. The number of rotatable bonds is 4. The normalized spacial score (nSPS) is 23.0. The summed E-state index contributed by atoms with van der Waals surface area (Å²) in [6.07, 6.45) is 2.43. The summed E-state index contributed by atoms with van der Waals surface area (Å²) in [6.45, 7) is 4.00. The minimum Gasteiger partial charge on any atom is -0.480 e. The zero-order valence-electron chi connectivity index (χ0n) is 12.4. The van der Waals surface area contributed by atoms with Gasteiger partial charge in [-0.05, 0) is 50.5 Å². The van der Waals surface area contributed by atoms with Crippen molar-refractivity contribution in [3.05, 3.63) is 24.3 Å². The SMILES string of the molecule is CCS(=O)(=O)c1ccc(N2CCCCC2(C)C(=O)O)cc1. The highest BCUT2D eigenvalue weighted by Gasteiger charge is 2.41. The zero-order valence-corrected chi connectivity index (χ0v) is 13.2. The molecule has 0 amide bonds. The summed E-state index contributed by atoms with van der Waals surface area (Å²) < 4.78 is 23.6. The molecule has 0 radical (unpaired) electrons. The topological polar surface area (TPSA) is 74.7 Å². The van der Waals surface area contributed by atoms with Gasteiger partial charge in [-0.15, -0.1) is 0 Å². The molecule has 1 aliphatic rings. The van der Waals surface area contributed by atoms with Crippen molar-refractivity contribution in [2.45, 2.75) is 43.5 Å². The number of carboxylic acids is 1. The van der Waals surface area contributed by atoms with Gasteiger partial charge in [0.15, 0.2) is 9.84 Å². The van der Waals surface area contributed by atoms with Crippen molar-refractivity contribution in [2.75, 3.05) is 17.2 Å². The fourth-order valence-corrected chi connectivity index (χ4v) is 3.64. The fourth-order valence-electron chi connectivity index (χ4n) is 2.76. The van der Waals surface area contributed by atoms with Gasteiger partial charge in [0.05, 0.1) is 10.6 Å². The molecule has 1 fully saturated rings. The number of piperidine rings is 1. The second kappa shape index (κ2) is 5.67. The molecule has 1 aromatic rings. The molecule has 1 unspecified atom stereocenters. The first-order chi connectivity index (χ1) is 9.81. The maximum absolute atomic E-state index is 11.8. The van der Waals surface area contributed by atoms with Gasteiger partial charge in [0.2, 0.25) is 0 Å². The van der Waals surface area contributed by atoms with E-state index in [2.05, 4.69) is 0 Å². The molecule has 0 spiro atoms. The van der Waals surface area contributed by atoms with Crippen LogP contribution in [0.15, 0.2) is 29.2 Å². The first-order valence-corrected chi connectivity index (χ1v) is 8.80. The summed E-state index contributed by atoms with van der Waals surface area (Å²) in [6, 6.07) is 6.53. The van der Waals surface area contributed by atoms with Crippen molar-refractivity contribution in [2.24, 2.45) is 0 Å². The number of sulfone groups is 1. The summed E-state index contributed by atoms with van der Waals surface area (Å²) in [5.41, 5.74) is -0.168. The number of hydrogen-bond donors (Lipinski definition) is 1. The molecule has 2 rings (SSSR count). The molecule has 0 saturated carbocycles. The standard InChI is InChI=1S/C15H21NO4S/c1-3-21(19,20)13-8-6-12(7-9-13)16-11-5-4-10-15(16,2)14(17)18/h6-9H,3-5,10-11H2,1-2H3,(H,17,18). The average Bonchev–Trinajstić information content (AvgIpc) is 2.48. The molecule has 0 aromatic heterocycles. The van der Waals surface area contributed by atoms with Crippen LogP contribution in [-0.4, -0.2) is 37.3 Å². The lowest BCUT2D eigenvalue weighted by atomic mass is 9.88. The third-order valence-corrected chi connectivity index (χ3v) is 5.99. The highest BCUT2D eigenvalue weighted by molar-refractivity contribution is 7.91. The van der Waals surface area contributed by atoms with Crippen LogP contribution < -0.4 is 4.90 Å². The molecule has 0 aliphatic carbocycles. The Kier molecular flexibility index (Phi) is 4.27. The van der Waals surface area contributed by atoms with Gasteiger partial charge in [-0.1, -0.05) is 6.92 Å². The Labute approximate surface area is 125 Å². The molecule has 1 saturated heterocycles. The number of hydrogen-bond acceptors (Lipinski definition) is 4. The Morgan fingerprint density at radius 2 is 1.90 bits per heavy atom. The number of anilines is 1. The van der Waals surface area contributed by atoms with E-state index in [0.29, 0.717) is 13.0 Å². The van der Waals surface area contributed by atoms with E-state index in [9.17, 15) is 18.3 Å². The molecule has 21 heavy (non-hydrogen) atoms. The highest BCUT2D eigenvalue weighted by Crippen LogP contribution is 2.33. The second-order valence-corrected chi connectivity index (χ2v) is 7.86. The predicted molar refractivity (Wildman–Crippen MR) is 81.4 cm³/mol. The maximum atomic E-state index is 11.8. The molecule has 6 heteroatoms.